The van der Waals surface area contributed by atoms with Gasteiger partial charge in [0.15, 0.2) is 5.03 Å². The highest BCUT2D eigenvalue weighted by molar-refractivity contribution is 6.32. The number of halogens is 3. The molecule has 0 bridgehead atoms. The second-order valence-electron chi connectivity index (χ2n) is 6.89. The van der Waals surface area contributed by atoms with Crippen LogP contribution in [0.2, 0.25) is 15.2 Å². The molecule has 7 nitrogen and oxygen atoms in total. The molecule has 1 saturated heterocycles. The Balaban J connectivity index is 1.86. The van der Waals surface area contributed by atoms with E-state index in [-0.39, 0.29) is 5.96 Å². The Kier molecular flexibility index (Phi) is 6.27. The SMILES string of the molecule is O=[N+]([O-])/N=C1\N[C@H](c2ccccc2Cl)[C@@H](c2ccccc2Cl)N1Cc1ccc(Cl)nc1. The molecule has 2 aromatic carbocycles. The molecule has 0 saturated carbocycles. The minimum Gasteiger partial charge on any atom is -0.342 e. The van der Waals surface area contributed by atoms with E-state index in [9.17, 15) is 10.1 Å². The van der Waals surface area contributed by atoms with E-state index in [4.69, 9.17) is 34.8 Å². The average molecular weight is 477 g/mol. The maximum absolute atomic E-state index is 11.3. The van der Waals surface area contributed by atoms with Gasteiger partial charge in [-0.3, -0.25) is 0 Å². The molecule has 0 unspecified atom stereocenters. The smallest absolute Gasteiger partial charge is 0.272 e. The quantitative estimate of drug-likeness (QED) is 0.299. The summed E-state index contributed by atoms with van der Waals surface area (Å²) in [4.78, 5) is 17.2. The van der Waals surface area contributed by atoms with E-state index in [1.807, 2.05) is 42.5 Å². The summed E-state index contributed by atoms with van der Waals surface area (Å²) in [5.41, 5.74) is 2.37. The van der Waals surface area contributed by atoms with Crippen LogP contribution >= 0.6 is 34.8 Å². The third kappa shape index (κ3) is 4.58. The van der Waals surface area contributed by atoms with Crippen LogP contribution in [-0.4, -0.2) is 20.9 Å². The van der Waals surface area contributed by atoms with Crippen molar-refractivity contribution in [3.63, 3.8) is 0 Å². The lowest BCUT2D eigenvalue weighted by Crippen LogP contribution is -2.32. The summed E-state index contributed by atoms with van der Waals surface area (Å²) < 4.78 is 0. The summed E-state index contributed by atoms with van der Waals surface area (Å²) in [7, 11) is 0. The summed E-state index contributed by atoms with van der Waals surface area (Å²) in [6.07, 6.45) is 1.62. The molecule has 1 aliphatic rings. The van der Waals surface area contributed by atoms with Crippen molar-refractivity contribution >= 4 is 40.8 Å². The van der Waals surface area contributed by atoms with Gasteiger partial charge in [0, 0.05) is 22.8 Å². The third-order valence-electron chi connectivity index (χ3n) is 4.99. The largest absolute Gasteiger partial charge is 0.342 e. The first-order chi connectivity index (χ1) is 14.9. The highest BCUT2D eigenvalue weighted by atomic mass is 35.5. The number of hydrazone groups is 1. The standard InChI is InChI=1S/C21H16Cl3N5O2/c22-16-7-3-1-5-14(16)19-20(15-6-2-4-8-17(15)23)28(21(26-19)27-29(30)31)12-13-9-10-18(24)25-11-13/h1-11,19-20H,12H2,(H,26,27)/t19-,20-/m1/s1. The van der Waals surface area contributed by atoms with Gasteiger partial charge >= 0.3 is 0 Å². The molecule has 0 spiro atoms. The molecular formula is C21H16Cl3N5O2. The number of hydrogen-bond donors (Lipinski definition) is 1. The average Bonchev–Trinajstić information content (AvgIpc) is 3.07. The number of nitrogens with one attached hydrogen (secondary N) is 1. The van der Waals surface area contributed by atoms with Gasteiger partial charge < -0.3 is 10.2 Å². The van der Waals surface area contributed by atoms with Crippen molar-refractivity contribution in [3.8, 4) is 0 Å². The summed E-state index contributed by atoms with van der Waals surface area (Å²) in [5, 5.41) is 18.8. The van der Waals surface area contributed by atoms with Crippen LogP contribution in [0.5, 0.6) is 0 Å². The molecule has 10 heteroatoms. The molecule has 3 aromatic rings. The van der Waals surface area contributed by atoms with Crippen molar-refractivity contribution < 1.29 is 5.03 Å². The summed E-state index contributed by atoms with van der Waals surface area (Å²) in [5.74, 6) is 0.106. The molecule has 31 heavy (non-hydrogen) atoms. The first-order valence-corrected chi connectivity index (χ1v) is 10.4. The highest BCUT2D eigenvalue weighted by Gasteiger charge is 2.43. The van der Waals surface area contributed by atoms with E-state index >= 15 is 0 Å². The summed E-state index contributed by atoms with van der Waals surface area (Å²) >= 11 is 18.9. The number of benzene rings is 2. The van der Waals surface area contributed by atoms with Crippen molar-refractivity contribution in [3.05, 3.63) is 109 Å². The maximum Gasteiger partial charge on any atom is 0.272 e. The first-order valence-electron chi connectivity index (χ1n) is 9.29. The van der Waals surface area contributed by atoms with Gasteiger partial charge in [-0.2, -0.15) is 0 Å². The van der Waals surface area contributed by atoms with Gasteiger partial charge in [0.05, 0.1) is 12.1 Å². The minimum absolute atomic E-state index is 0.106. The molecule has 0 aliphatic carbocycles. The third-order valence-corrected chi connectivity index (χ3v) is 5.90. The monoisotopic (exact) mass is 475 g/mol. The van der Waals surface area contributed by atoms with Crippen LogP contribution in [0, 0.1) is 10.1 Å². The van der Waals surface area contributed by atoms with Crippen LogP contribution in [-0.2, 0) is 6.54 Å². The van der Waals surface area contributed by atoms with Crippen LogP contribution in [0.3, 0.4) is 0 Å². The zero-order chi connectivity index (χ0) is 22.0. The van der Waals surface area contributed by atoms with Crippen LogP contribution in [0.4, 0.5) is 0 Å². The molecule has 0 amide bonds. The Labute approximate surface area is 193 Å². The lowest BCUT2D eigenvalue weighted by atomic mass is 9.93. The topological polar surface area (TPSA) is 83.7 Å². The maximum atomic E-state index is 11.3. The fraction of sp³-hybridized carbons (Fsp3) is 0.143. The van der Waals surface area contributed by atoms with Crippen molar-refractivity contribution in [1.82, 2.24) is 15.2 Å². The number of pyridine rings is 1. The first kappa shape index (κ1) is 21.4. The van der Waals surface area contributed by atoms with Crippen LogP contribution in [0.15, 0.2) is 72.0 Å². The van der Waals surface area contributed by atoms with Crippen molar-refractivity contribution in [2.24, 2.45) is 5.10 Å². The molecule has 1 aromatic heterocycles. The summed E-state index contributed by atoms with van der Waals surface area (Å²) in [6, 6.07) is 17.4. The van der Waals surface area contributed by atoms with E-state index in [2.05, 4.69) is 15.4 Å². The predicted molar refractivity (Wildman–Crippen MR) is 121 cm³/mol. The van der Waals surface area contributed by atoms with E-state index in [1.165, 1.54) is 0 Å². The number of nitrogens with zero attached hydrogens (tertiary/aromatic N) is 4. The number of aromatic nitrogens is 1. The number of guanidine groups is 1. The molecule has 1 N–H and O–H groups in total. The predicted octanol–water partition coefficient (Wildman–Crippen LogP) is 5.48. The van der Waals surface area contributed by atoms with Gasteiger partial charge in [0.25, 0.3) is 5.96 Å². The second-order valence-corrected chi connectivity index (χ2v) is 8.09. The molecule has 2 heterocycles. The van der Waals surface area contributed by atoms with Gasteiger partial charge in [0.2, 0.25) is 0 Å². The van der Waals surface area contributed by atoms with Gasteiger partial charge in [-0.1, -0.05) is 77.3 Å². The van der Waals surface area contributed by atoms with E-state index in [0.717, 1.165) is 16.7 Å². The highest BCUT2D eigenvalue weighted by Crippen LogP contribution is 2.44. The van der Waals surface area contributed by atoms with Gasteiger partial charge in [-0.25, -0.2) is 15.1 Å². The molecule has 1 fully saturated rings. The normalized spacial score (nSPS) is 19.5. The number of hydrogen-bond acceptors (Lipinski definition) is 3. The lowest BCUT2D eigenvalue weighted by Gasteiger charge is -2.29. The van der Waals surface area contributed by atoms with Crippen LogP contribution in [0.25, 0.3) is 0 Å². The van der Waals surface area contributed by atoms with Gasteiger partial charge in [-0.15, -0.1) is 0 Å². The zero-order valence-electron chi connectivity index (χ0n) is 16.0. The van der Waals surface area contributed by atoms with Gasteiger partial charge in [-0.05, 0) is 34.9 Å². The fourth-order valence-corrected chi connectivity index (χ4v) is 4.30. The van der Waals surface area contributed by atoms with Gasteiger partial charge in [0.1, 0.15) is 10.3 Å². The Bertz CT molecular complexity index is 1140. The van der Waals surface area contributed by atoms with E-state index in [1.54, 1.807) is 29.3 Å². The van der Waals surface area contributed by atoms with Crippen molar-refractivity contribution in [2.75, 3.05) is 0 Å². The van der Waals surface area contributed by atoms with Crippen molar-refractivity contribution in [1.29, 1.82) is 0 Å². The Hall–Kier alpha value is -2.87. The summed E-state index contributed by atoms with van der Waals surface area (Å²) in [6.45, 7) is 0.292. The Morgan fingerprint density at radius 3 is 2.23 bits per heavy atom. The fourth-order valence-electron chi connectivity index (χ4n) is 3.68. The van der Waals surface area contributed by atoms with E-state index < -0.39 is 17.1 Å². The lowest BCUT2D eigenvalue weighted by molar-refractivity contribution is -0.485. The number of rotatable bonds is 5. The number of nitro groups is 1. The van der Waals surface area contributed by atoms with Crippen LogP contribution in [0.1, 0.15) is 28.8 Å². The molecule has 1 aliphatic heterocycles. The van der Waals surface area contributed by atoms with E-state index in [0.29, 0.717) is 21.7 Å². The molecule has 158 valence electrons. The van der Waals surface area contributed by atoms with Crippen LogP contribution < -0.4 is 5.32 Å². The Morgan fingerprint density at radius 1 is 1.00 bits per heavy atom. The minimum atomic E-state index is -0.728. The molecule has 4 rings (SSSR count). The molecule has 2 atom stereocenters. The second kappa shape index (κ2) is 9.09. The molecule has 0 radical (unpaired) electrons. The Morgan fingerprint density at radius 2 is 1.65 bits per heavy atom. The van der Waals surface area contributed by atoms with Crippen molar-refractivity contribution in [2.45, 2.75) is 18.6 Å². The molecular weight excluding hydrogens is 461 g/mol. The zero-order valence-corrected chi connectivity index (χ0v) is 18.2.